The van der Waals surface area contributed by atoms with Crippen LogP contribution in [0.5, 0.6) is 0 Å². The van der Waals surface area contributed by atoms with Crippen molar-refractivity contribution in [2.24, 2.45) is 5.92 Å². The van der Waals surface area contributed by atoms with Crippen molar-refractivity contribution in [3.63, 3.8) is 0 Å². The lowest BCUT2D eigenvalue weighted by Gasteiger charge is -2.34. The van der Waals surface area contributed by atoms with Gasteiger partial charge in [0.1, 0.15) is 6.10 Å². The summed E-state index contributed by atoms with van der Waals surface area (Å²) >= 11 is 0. The van der Waals surface area contributed by atoms with E-state index in [-0.39, 0.29) is 12.0 Å². The van der Waals surface area contributed by atoms with E-state index >= 15 is 0 Å². The molecule has 0 saturated carbocycles. The van der Waals surface area contributed by atoms with Gasteiger partial charge in [0.15, 0.2) is 0 Å². The third-order valence-corrected chi connectivity index (χ3v) is 5.08. The smallest absolute Gasteiger partial charge is 0.101 e. The van der Waals surface area contributed by atoms with Crippen LogP contribution < -0.4 is 0 Å². The summed E-state index contributed by atoms with van der Waals surface area (Å²) < 4.78 is 4.27. The normalized spacial score (nSPS) is 25.6. The summed E-state index contributed by atoms with van der Waals surface area (Å²) in [5, 5.41) is 10.9. The molecule has 2 aromatic heterocycles. The highest BCUT2D eigenvalue weighted by atomic mass is 16.3. The molecule has 2 aliphatic heterocycles. The number of benzene rings is 1. The SMILES string of the molecule is O[C@H]1c2cncn2CC[C@@H]1[C@H]1c2ccccc2-c2cncn21. The van der Waals surface area contributed by atoms with Gasteiger partial charge in [-0.3, -0.25) is 0 Å². The number of fused-ring (bicyclic) bond motifs is 4. The molecular formula is C17H16N4O. The van der Waals surface area contributed by atoms with Crippen LogP contribution in [0.25, 0.3) is 11.3 Å². The molecule has 0 amide bonds. The highest BCUT2D eigenvalue weighted by molar-refractivity contribution is 5.69. The van der Waals surface area contributed by atoms with Crippen LogP contribution in [0.2, 0.25) is 0 Å². The van der Waals surface area contributed by atoms with Crippen LogP contribution in [0, 0.1) is 5.92 Å². The number of aliphatic hydroxyl groups excluding tert-OH is 1. The van der Waals surface area contributed by atoms with E-state index in [1.165, 1.54) is 11.1 Å². The Morgan fingerprint density at radius 2 is 1.95 bits per heavy atom. The number of rotatable bonds is 1. The molecule has 0 radical (unpaired) electrons. The first-order valence-corrected chi connectivity index (χ1v) is 7.64. The molecule has 1 aromatic carbocycles. The van der Waals surface area contributed by atoms with Gasteiger partial charge >= 0.3 is 0 Å². The largest absolute Gasteiger partial charge is 0.386 e. The Balaban J connectivity index is 1.65. The van der Waals surface area contributed by atoms with Crippen molar-refractivity contribution in [1.29, 1.82) is 0 Å². The summed E-state index contributed by atoms with van der Waals surface area (Å²) in [5.41, 5.74) is 4.59. The number of imidazole rings is 2. The molecule has 3 atom stereocenters. The first-order valence-electron chi connectivity index (χ1n) is 7.64. The molecule has 5 heteroatoms. The minimum atomic E-state index is -0.498. The number of nitrogens with zero attached hydrogens (tertiary/aromatic N) is 4. The Morgan fingerprint density at radius 1 is 1.09 bits per heavy atom. The van der Waals surface area contributed by atoms with E-state index in [9.17, 15) is 5.11 Å². The van der Waals surface area contributed by atoms with Gasteiger partial charge in [-0.05, 0) is 12.0 Å². The average molecular weight is 292 g/mol. The van der Waals surface area contributed by atoms with E-state index in [1.807, 2.05) is 12.5 Å². The van der Waals surface area contributed by atoms with Gasteiger partial charge in [0.25, 0.3) is 0 Å². The minimum Gasteiger partial charge on any atom is -0.386 e. The summed E-state index contributed by atoms with van der Waals surface area (Å²) in [6.45, 7) is 0.903. The highest BCUT2D eigenvalue weighted by Crippen LogP contribution is 2.48. The fourth-order valence-electron chi connectivity index (χ4n) is 4.07. The van der Waals surface area contributed by atoms with E-state index in [4.69, 9.17) is 0 Å². The third-order valence-electron chi connectivity index (χ3n) is 5.08. The second kappa shape index (κ2) is 4.30. The van der Waals surface area contributed by atoms with Crippen molar-refractivity contribution in [3.8, 4) is 11.3 Å². The summed E-state index contributed by atoms with van der Waals surface area (Å²) in [5.74, 6) is 0.140. The quantitative estimate of drug-likeness (QED) is 0.749. The van der Waals surface area contributed by atoms with Crippen LogP contribution in [-0.4, -0.2) is 24.2 Å². The van der Waals surface area contributed by atoms with Crippen molar-refractivity contribution in [2.75, 3.05) is 0 Å². The molecule has 0 aliphatic carbocycles. The summed E-state index contributed by atoms with van der Waals surface area (Å²) in [6, 6.07) is 8.59. The molecule has 0 fully saturated rings. The molecule has 5 rings (SSSR count). The first kappa shape index (κ1) is 12.2. The molecule has 0 spiro atoms. The monoisotopic (exact) mass is 292 g/mol. The van der Waals surface area contributed by atoms with E-state index in [1.54, 1.807) is 12.5 Å². The van der Waals surface area contributed by atoms with Crippen LogP contribution >= 0.6 is 0 Å². The van der Waals surface area contributed by atoms with Crippen molar-refractivity contribution in [1.82, 2.24) is 19.1 Å². The molecule has 22 heavy (non-hydrogen) atoms. The molecule has 0 saturated heterocycles. The van der Waals surface area contributed by atoms with Crippen molar-refractivity contribution in [2.45, 2.75) is 25.1 Å². The minimum absolute atomic E-state index is 0.140. The fourth-order valence-corrected chi connectivity index (χ4v) is 4.07. The van der Waals surface area contributed by atoms with Crippen LogP contribution in [0.3, 0.4) is 0 Å². The van der Waals surface area contributed by atoms with Crippen LogP contribution in [0.1, 0.15) is 29.8 Å². The van der Waals surface area contributed by atoms with E-state index < -0.39 is 6.10 Å². The topological polar surface area (TPSA) is 55.9 Å². The van der Waals surface area contributed by atoms with Gasteiger partial charge in [-0.15, -0.1) is 0 Å². The molecule has 110 valence electrons. The van der Waals surface area contributed by atoms with E-state index in [0.717, 1.165) is 24.4 Å². The molecular weight excluding hydrogens is 276 g/mol. The van der Waals surface area contributed by atoms with Crippen molar-refractivity contribution < 1.29 is 5.11 Å². The van der Waals surface area contributed by atoms with Gasteiger partial charge in [0.2, 0.25) is 0 Å². The lowest BCUT2D eigenvalue weighted by atomic mass is 9.83. The third kappa shape index (κ3) is 1.46. The van der Waals surface area contributed by atoms with Gasteiger partial charge in [-0.1, -0.05) is 24.3 Å². The molecule has 4 heterocycles. The zero-order chi connectivity index (χ0) is 14.7. The second-order valence-corrected chi connectivity index (χ2v) is 6.13. The lowest BCUT2D eigenvalue weighted by molar-refractivity contribution is 0.0556. The fraction of sp³-hybridized carbons (Fsp3) is 0.294. The molecule has 2 aliphatic rings. The zero-order valence-corrected chi connectivity index (χ0v) is 12.0. The number of hydrogen-bond acceptors (Lipinski definition) is 3. The maximum Gasteiger partial charge on any atom is 0.101 e. The lowest BCUT2D eigenvalue weighted by Crippen LogP contribution is -2.30. The molecule has 1 N–H and O–H groups in total. The Kier molecular flexibility index (Phi) is 2.38. The Bertz CT molecular complexity index is 850. The van der Waals surface area contributed by atoms with Crippen LogP contribution in [0.15, 0.2) is 49.3 Å². The summed E-state index contributed by atoms with van der Waals surface area (Å²) in [4.78, 5) is 8.49. The molecule has 0 bridgehead atoms. The number of aliphatic hydroxyl groups is 1. The number of aryl methyl sites for hydroxylation is 1. The van der Waals surface area contributed by atoms with Gasteiger partial charge < -0.3 is 14.2 Å². The van der Waals surface area contributed by atoms with Crippen molar-refractivity contribution >= 4 is 0 Å². The summed E-state index contributed by atoms with van der Waals surface area (Å²) in [7, 11) is 0. The molecule has 5 nitrogen and oxygen atoms in total. The Labute approximate surface area is 127 Å². The molecule has 0 unspecified atom stereocenters. The zero-order valence-electron chi connectivity index (χ0n) is 12.0. The summed E-state index contributed by atoms with van der Waals surface area (Å²) in [6.07, 6.45) is 7.83. The predicted octanol–water partition coefficient (Wildman–Crippen LogP) is 2.40. The number of aromatic nitrogens is 4. The highest BCUT2D eigenvalue weighted by Gasteiger charge is 2.40. The van der Waals surface area contributed by atoms with Gasteiger partial charge in [-0.2, -0.15) is 0 Å². The second-order valence-electron chi connectivity index (χ2n) is 6.13. The predicted molar refractivity (Wildman–Crippen MR) is 81.1 cm³/mol. The first-order chi connectivity index (χ1) is 10.8. The van der Waals surface area contributed by atoms with Crippen LogP contribution in [-0.2, 0) is 6.54 Å². The van der Waals surface area contributed by atoms with Gasteiger partial charge in [0.05, 0.1) is 42.5 Å². The maximum absolute atomic E-state index is 10.9. The maximum atomic E-state index is 10.9. The van der Waals surface area contributed by atoms with E-state index in [0.29, 0.717) is 0 Å². The van der Waals surface area contributed by atoms with E-state index in [2.05, 4.69) is 43.4 Å². The standard InChI is InChI=1S/C17H16N4O/c22-17-13(5-6-20-9-18-8-15(17)20)16-12-4-2-1-3-11(12)14-7-19-10-21(14)16/h1-4,7-10,13,16-17,22H,5-6H2/t13-,16-,17-/m1/s1. The van der Waals surface area contributed by atoms with Crippen LogP contribution in [0.4, 0.5) is 0 Å². The Morgan fingerprint density at radius 3 is 2.91 bits per heavy atom. The van der Waals surface area contributed by atoms with Crippen molar-refractivity contribution in [3.05, 3.63) is 60.6 Å². The van der Waals surface area contributed by atoms with Gasteiger partial charge in [0, 0.05) is 18.0 Å². The Hall–Kier alpha value is -2.40. The molecule has 3 aromatic rings. The number of hydrogen-bond donors (Lipinski definition) is 1. The van der Waals surface area contributed by atoms with Gasteiger partial charge in [-0.25, -0.2) is 9.97 Å². The average Bonchev–Trinajstić information content (AvgIpc) is 3.23.